The van der Waals surface area contributed by atoms with Gasteiger partial charge in [-0.2, -0.15) is 0 Å². The topological polar surface area (TPSA) is 56.2 Å². The van der Waals surface area contributed by atoms with Gasteiger partial charge in [0.25, 0.3) is 5.91 Å². The van der Waals surface area contributed by atoms with Crippen molar-refractivity contribution < 1.29 is 9.53 Å². The molecule has 0 unspecified atom stereocenters. The van der Waals surface area contributed by atoms with E-state index in [2.05, 4.69) is 40.0 Å². The molecule has 0 bridgehead atoms. The molecule has 4 aromatic rings. The summed E-state index contributed by atoms with van der Waals surface area (Å²) < 4.78 is 7.40. The van der Waals surface area contributed by atoms with Crippen LogP contribution in [0.15, 0.2) is 60.0 Å². The van der Waals surface area contributed by atoms with Crippen LogP contribution in [0.25, 0.3) is 21.6 Å². The number of thiazole rings is 1. The number of hydrogen-bond acceptors (Lipinski definition) is 4. The highest BCUT2D eigenvalue weighted by Crippen LogP contribution is 2.30. The second-order valence-electron chi connectivity index (χ2n) is 6.72. The number of fused-ring (bicyclic) bond motifs is 1. The van der Waals surface area contributed by atoms with Gasteiger partial charge in [0, 0.05) is 29.4 Å². The summed E-state index contributed by atoms with van der Waals surface area (Å²) in [6, 6.07) is 18.3. The molecular weight excluding hydrogens is 382 g/mol. The van der Waals surface area contributed by atoms with Gasteiger partial charge in [-0.05, 0) is 43.2 Å². The predicted octanol–water partition coefficient (Wildman–Crippen LogP) is 4.77. The molecule has 0 saturated heterocycles. The molecule has 0 fully saturated rings. The molecule has 2 aromatic carbocycles. The monoisotopic (exact) mass is 405 g/mol. The van der Waals surface area contributed by atoms with E-state index in [1.54, 1.807) is 7.11 Å². The number of para-hydroxylation sites is 1. The molecule has 1 amide bonds. The standard InChI is InChI=1S/C23H23N3O2S/c1-3-26-20-7-5-4-6-17(20)14-21(26)23-25-19(15-29-23)22(27)24-13-12-16-8-10-18(28-2)11-9-16/h4-11,14-15H,3,12-13H2,1-2H3,(H,24,27). The molecule has 0 saturated carbocycles. The van der Waals surface area contributed by atoms with Crippen molar-refractivity contribution in [1.82, 2.24) is 14.9 Å². The normalized spacial score (nSPS) is 11.0. The number of methoxy groups -OCH3 is 1. The van der Waals surface area contributed by atoms with E-state index in [-0.39, 0.29) is 5.91 Å². The highest BCUT2D eigenvalue weighted by molar-refractivity contribution is 7.13. The lowest BCUT2D eigenvalue weighted by atomic mass is 10.1. The molecule has 6 heteroatoms. The Bertz CT molecular complexity index is 1130. The van der Waals surface area contributed by atoms with E-state index < -0.39 is 0 Å². The lowest BCUT2D eigenvalue weighted by Crippen LogP contribution is -2.25. The number of hydrogen-bond donors (Lipinski definition) is 1. The van der Waals surface area contributed by atoms with Crippen molar-refractivity contribution in [3.05, 3.63) is 71.2 Å². The molecule has 0 atom stereocenters. The molecule has 2 heterocycles. The molecule has 1 N–H and O–H groups in total. The molecule has 0 spiro atoms. The van der Waals surface area contributed by atoms with Gasteiger partial charge in [0.2, 0.25) is 0 Å². The summed E-state index contributed by atoms with van der Waals surface area (Å²) in [4.78, 5) is 17.1. The van der Waals surface area contributed by atoms with Gasteiger partial charge in [0.05, 0.1) is 12.8 Å². The number of rotatable bonds is 7. The van der Waals surface area contributed by atoms with Gasteiger partial charge in [0.15, 0.2) is 0 Å². The van der Waals surface area contributed by atoms with Crippen molar-refractivity contribution in [2.24, 2.45) is 0 Å². The van der Waals surface area contributed by atoms with E-state index >= 15 is 0 Å². The van der Waals surface area contributed by atoms with Crippen LogP contribution < -0.4 is 10.1 Å². The molecule has 29 heavy (non-hydrogen) atoms. The Hall–Kier alpha value is -3.12. The average molecular weight is 406 g/mol. The van der Waals surface area contributed by atoms with E-state index in [1.807, 2.05) is 41.8 Å². The summed E-state index contributed by atoms with van der Waals surface area (Å²) in [5, 5.41) is 6.84. The first kappa shape index (κ1) is 19.2. The van der Waals surface area contributed by atoms with Gasteiger partial charge in [-0.15, -0.1) is 11.3 Å². The molecule has 5 nitrogen and oxygen atoms in total. The molecule has 148 valence electrons. The molecule has 0 aliphatic carbocycles. The van der Waals surface area contributed by atoms with Crippen LogP contribution in [-0.4, -0.2) is 29.1 Å². The Morgan fingerprint density at radius 1 is 1.17 bits per heavy atom. The second kappa shape index (κ2) is 8.49. The zero-order valence-corrected chi connectivity index (χ0v) is 17.3. The summed E-state index contributed by atoms with van der Waals surface area (Å²) in [7, 11) is 1.65. The lowest BCUT2D eigenvalue weighted by molar-refractivity contribution is 0.0950. The first-order valence-electron chi connectivity index (χ1n) is 9.65. The molecule has 0 aliphatic heterocycles. The average Bonchev–Trinajstić information content (AvgIpc) is 3.38. The smallest absolute Gasteiger partial charge is 0.270 e. The van der Waals surface area contributed by atoms with Crippen LogP contribution in [0.3, 0.4) is 0 Å². The van der Waals surface area contributed by atoms with Gasteiger partial charge in [-0.3, -0.25) is 4.79 Å². The number of benzene rings is 2. The predicted molar refractivity (Wildman–Crippen MR) is 118 cm³/mol. The van der Waals surface area contributed by atoms with Gasteiger partial charge in [-0.25, -0.2) is 4.98 Å². The van der Waals surface area contributed by atoms with Gasteiger partial charge in [0.1, 0.15) is 16.5 Å². The summed E-state index contributed by atoms with van der Waals surface area (Å²) >= 11 is 1.50. The molecule has 2 aromatic heterocycles. The highest BCUT2D eigenvalue weighted by Gasteiger charge is 2.15. The number of aryl methyl sites for hydroxylation is 1. The minimum atomic E-state index is -0.139. The SMILES string of the molecule is CCn1c(-c2nc(C(=O)NCCc3ccc(OC)cc3)cs2)cc2ccccc21. The van der Waals surface area contributed by atoms with Crippen LogP contribution in [-0.2, 0) is 13.0 Å². The van der Waals surface area contributed by atoms with Gasteiger partial charge < -0.3 is 14.6 Å². The van der Waals surface area contributed by atoms with E-state index in [9.17, 15) is 4.79 Å². The summed E-state index contributed by atoms with van der Waals surface area (Å²) in [6.45, 7) is 3.54. The van der Waals surface area contributed by atoms with E-state index in [0.717, 1.165) is 35.0 Å². The van der Waals surface area contributed by atoms with Crippen molar-refractivity contribution in [3.63, 3.8) is 0 Å². The van der Waals surface area contributed by atoms with Gasteiger partial charge in [-0.1, -0.05) is 30.3 Å². The molecule has 0 radical (unpaired) electrons. The number of ether oxygens (including phenoxy) is 1. The quantitative estimate of drug-likeness (QED) is 0.482. The van der Waals surface area contributed by atoms with E-state index in [1.165, 1.54) is 22.2 Å². The fourth-order valence-corrected chi connectivity index (χ4v) is 4.25. The number of amides is 1. The molecule has 0 aliphatic rings. The maximum Gasteiger partial charge on any atom is 0.270 e. The second-order valence-corrected chi connectivity index (χ2v) is 7.58. The number of carbonyl (C=O) groups excluding carboxylic acids is 1. The van der Waals surface area contributed by atoms with Crippen molar-refractivity contribution >= 4 is 28.1 Å². The Morgan fingerprint density at radius 2 is 1.97 bits per heavy atom. The van der Waals surface area contributed by atoms with Crippen LogP contribution in [0.2, 0.25) is 0 Å². The summed E-state index contributed by atoms with van der Waals surface area (Å²) in [5.74, 6) is 0.692. The van der Waals surface area contributed by atoms with E-state index in [4.69, 9.17) is 4.74 Å². The van der Waals surface area contributed by atoms with Crippen molar-refractivity contribution in [2.45, 2.75) is 19.9 Å². The number of nitrogens with one attached hydrogen (secondary N) is 1. The van der Waals surface area contributed by atoms with Crippen LogP contribution in [0.4, 0.5) is 0 Å². The third kappa shape index (κ3) is 4.03. The largest absolute Gasteiger partial charge is 0.497 e. The highest BCUT2D eigenvalue weighted by atomic mass is 32.1. The van der Waals surface area contributed by atoms with Crippen LogP contribution in [0.5, 0.6) is 5.75 Å². The van der Waals surface area contributed by atoms with Gasteiger partial charge >= 0.3 is 0 Å². The first-order valence-corrected chi connectivity index (χ1v) is 10.5. The van der Waals surface area contributed by atoms with Crippen molar-refractivity contribution in [2.75, 3.05) is 13.7 Å². The third-order valence-electron chi connectivity index (χ3n) is 4.94. The van der Waals surface area contributed by atoms with Crippen LogP contribution in [0.1, 0.15) is 23.0 Å². The Morgan fingerprint density at radius 3 is 2.72 bits per heavy atom. The van der Waals surface area contributed by atoms with Crippen LogP contribution in [0, 0.1) is 0 Å². The minimum Gasteiger partial charge on any atom is -0.497 e. The first-order chi connectivity index (χ1) is 14.2. The lowest BCUT2D eigenvalue weighted by Gasteiger charge is -2.06. The maximum absolute atomic E-state index is 12.5. The Kier molecular flexibility index (Phi) is 5.62. The van der Waals surface area contributed by atoms with E-state index in [0.29, 0.717) is 12.2 Å². The number of carbonyl (C=O) groups is 1. The maximum atomic E-state index is 12.5. The van der Waals surface area contributed by atoms with Crippen molar-refractivity contribution in [3.8, 4) is 16.5 Å². The summed E-state index contributed by atoms with van der Waals surface area (Å²) in [5.41, 5.74) is 3.85. The van der Waals surface area contributed by atoms with Crippen LogP contribution >= 0.6 is 11.3 Å². The number of aromatic nitrogens is 2. The molecule has 4 rings (SSSR count). The Balaban J connectivity index is 1.44. The zero-order valence-electron chi connectivity index (χ0n) is 16.5. The third-order valence-corrected chi connectivity index (χ3v) is 5.81. The summed E-state index contributed by atoms with van der Waals surface area (Å²) in [6.07, 6.45) is 0.761. The minimum absolute atomic E-state index is 0.139. The molecular formula is C23H23N3O2S. The van der Waals surface area contributed by atoms with Crippen molar-refractivity contribution in [1.29, 1.82) is 0 Å². The fraction of sp³-hybridized carbons (Fsp3) is 0.217. The Labute approximate surface area is 174 Å². The zero-order chi connectivity index (χ0) is 20.2. The fourth-order valence-electron chi connectivity index (χ4n) is 3.43. The number of nitrogens with zero attached hydrogens (tertiary/aromatic N) is 2.